The minimum atomic E-state index is -1.16. The number of hydrogen-bond acceptors (Lipinski definition) is 4. The Balaban J connectivity index is 2.55. The Hall–Kier alpha value is -1.82. The van der Waals surface area contributed by atoms with E-state index >= 15 is 0 Å². The molecule has 0 saturated heterocycles. The van der Waals surface area contributed by atoms with Crippen LogP contribution >= 0.6 is 15.9 Å². The molecule has 0 amide bonds. The van der Waals surface area contributed by atoms with Crippen LogP contribution < -0.4 is 4.74 Å². The van der Waals surface area contributed by atoms with Crippen molar-refractivity contribution >= 4 is 21.9 Å². The van der Waals surface area contributed by atoms with Gasteiger partial charge in [-0.15, -0.1) is 0 Å². The van der Waals surface area contributed by atoms with Gasteiger partial charge >= 0.3 is 5.97 Å². The van der Waals surface area contributed by atoms with Crippen LogP contribution in [0.25, 0.3) is 11.3 Å². The topological polar surface area (TPSA) is 72.6 Å². The smallest absolute Gasteiger partial charge is 0.374 e. The molecule has 0 aliphatic rings. The van der Waals surface area contributed by atoms with Gasteiger partial charge < -0.3 is 14.4 Å². The first-order valence-corrected chi connectivity index (χ1v) is 5.45. The quantitative estimate of drug-likeness (QED) is 0.943. The molecule has 1 aromatic carbocycles. The Bertz CT molecular complexity index is 564. The summed E-state index contributed by atoms with van der Waals surface area (Å²) in [7, 11) is 1.53. The van der Waals surface area contributed by atoms with Gasteiger partial charge in [-0.05, 0) is 28.1 Å². The second kappa shape index (κ2) is 4.58. The lowest BCUT2D eigenvalue weighted by Gasteiger charge is -2.06. The van der Waals surface area contributed by atoms with Crippen molar-refractivity contribution in [3.8, 4) is 17.0 Å². The maximum atomic E-state index is 10.7. The average molecular weight is 298 g/mol. The van der Waals surface area contributed by atoms with Crippen molar-refractivity contribution in [2.24, 2.45) is 0 Å². The standard InChI is InChI=1S/C11H8BrNO4/c1-16-8-4-2-3-6(12)10(8)7-5-9(11(14)15)17-13-7/h2-5H,1H3,(H,14,15). The fraction of sp³-hybridized carbons (Fsp3) is 0.0909. The predicted octanol–water partition coefficient (Wildman–Crippen LogP) is 2.81. The highest BCUT2D eigenvalue weighted by Crippen LogP contribution is 2.35. The van der Waals surface area contributed by atoms with E-state index in [-0.39, 0.29) is 5.76 Å². The lowest BCUT2D eigenvalue weighted by atomic mass is 10.1. The minimum Gasteiger partial charge on any atom is -0.496 e. The molecule has 0 unspecified atom stereocenters. The largest absolute Gasteiger partial charge is 0.496 e. The van der Waals surface area contributed by atoms with Crippen molar-refractivity contribution < 1.29 is 19.2 Å². The van der Waals surface area contributed by atoms with Crippen molar-refractivity contribution in [3.05, 3.63) is 34.5 Å². The van der Waals surface area contributed by atoms with Gasteiger partial charge in [-0.1, -0.05) is 11.2 Å². The zero-order valence-electron chi connectivity index (χ0n) is 8.81. The predicted molar refractivity (Wildman–Crippen MR) is 63.2 cm³/mol. The molecular weight excluding hydrogens is 290 g/mol. The summed E-state index contributed by atoms with van der Waals surface area (Å²) in [6.07, 6.45) is 0. The molecule has 0 saturated carbocycles. The van der Waals surface area contributed by atoms with E-state index in [9.17, 15) is 4.79 Å². The van der Waals surface area contributed by atoms with Crippen molar-refractivity contribution in [3.63, 3.8) is 0 Å². The van der Waals surface area contributed by atoms with Crippen molar-refractivity contribution in [1.29, 1.82) is 0 Å². The van der Waals surface area contributed by atoms with E-state index < -0.39 is 5.97 Å². The van der Waals surface area contributed by atoms with E-state index in [0.717, 1.165) is 4.47 Å². The van der Waals surface area contributed by atoms with Gasteiger partial charge in [-0.2, -0.15) is 0 Å². The lowest BCUT2D eigenvalue weighted by Crippen LogP contribution is -1.92. The fourth-order valence-electron chi connectivity index (χ4n) is 1.42. The van der Waals surface area contributed by atoms with Crippen molar-refractivity contribution in [2.75, 3.05) is 7.11 Å². The number of rotatable bonds is 3. The third kappa shape index (κ3) is 2.16. The van der Waals surface area contributed by atoms with Gasteiger partial charge in [-0.3, -0.25) is 0 Å². The molecule has 0 spiro atoms. The second-order valence-electron chi connectivity index (χ2n) is 3.20. The van der Waals surface area contributed by atoms with Gasteiger partial charge in [0.15, 0.2) is 0 Å². The number of nitrogens with zero attached hydrogens (tertiary/aromatic N) is 1. The van der Waals surface area contributed by atoms with Crippen molar-refractivity contribution in [2.45, 2.75) is 0 Å². The van der Waals surface area contributed by atoms with Crippen LogP contribution in [0.1, 0.15) is 10.6 Å². The molecule has 0 aliphatic carbocycles. The summed E-state index contributed by atoms with van der Waals surface area (Å²) in [6, 6.07) is 6.73. The first-order chi connectivity index (χ1) is 8.13. The molecule has 2 rings (SSSR count). The minimum absolute atomic E-state index is 0.210. The summed E-state index contributed by atoms with van der Waals surface area (Å²) in [6.45, 7) is 0. The molecule has 1 aromatic heterocycles. The molecule has 0 aliphatic heterocycles. The normalized spacial score (nSPS) is 10.2. The zero-order valence-corrected chi connectivity index (χ0v) is 10.4. The molecule has 1 N–H and O–H groups in total. The third-order valence-electron chi connectivity index (χ3n) is 2.17. The molecule has 2 aromatic rings. The Morgan fingerprint density at radius 2 is 2.29 bits per heavy atom. The maximum absolute atomic E-state index is 10.7. The van der Waals surface area contributed by atoms with Crippen molar-refractivity contribution in [1.82, 2.24) is 5.16 Å². The number of hydrogen-bond donors (Lipinski definition) is 1. The lowest BCUT2D eigenvalue weighted by molar-refractivity contribution is 0.0652. The van der Waals surface area contributed by atoms with Crippen LogP contribution in [0.15, 0.2) is 33.3 Å². The Morgan fingerprint density at radius 3 is 2.88 bits per heavy atom. The first-order valence-electron chi connectivity index (χ1n) is 4.66. The summed E-state index contributed by atoms with van der Waals surface area (Å²) in [5.41, 5.74) is 1.07. The maximum Gasteiger partial charge on any atom is 0.374 e. The zero-order chi connectivity index (χ0) is 12.4. The van der Waals surface area contributed by atoms with Crippen LogP contribution in [-0.4, -0.2) is 23.3 Å². The number of carboxylic acids is 1. The fourth-order valence-corrected chi connectivity index (χ4v) is 1.97. The summed E-state index contributed by atoms with van der Waals surface area (Å²) in [4.78, 5) is 10.7. The number of aromatic nitrogens is 1. The molecule has 0 bridgehead atoms. The Kier molecular flexibility index (Phi) is 3.14. The number of halogens is 1. The van der Waals surface area contributed by atoms with E-state index in [4.69, 9.17) is 14.4 Å². The second-order valence-corrected chi connectivity index (χ2v) is 4.05. The summed E-state index contributed by atoms with van der Waals surface area (Å²) in [5.74, 6) is -0.780. The van der Waals surface area contributed by atoms with E-state index in [1.165, 1.54) is 13.2 Å². The van der Waals surface area contributed by atoms with Crippen LogP contribution in [-0.2, 0) is 0 Å². The number of methoxy groups -OCH3 is 1. The van der Waals surface area contributed by atoms with Gasteiger partial charge in [0.1, 0.15) is 11.4 Å². The van der Waals surface area contributed by atoms with E-state index in [1.54, 1.807) is 6.07 Å². The number of benzene rings is 1. The number of carboxylic acid groups (broad SMARTS) is 1. The molecule has 0 fully saturated rings. The highest BCUT2D eigenvalue weighted by atomic mass is 79.9. The molecule has 6 heteroatoms. The van der Waals surface area contributed by atoms with Crippen LogP contribution in [0.3, 0.4) is 0 Å². The van der Waals surface area contributed by atoms with E-state index in [0.29, 0.717) is 17.0 Å². The highest BCUT2D eigenvalue weighted by molar-refractivity contribution is 9.10. The molecule has 1 heterocycles. The number of aromatic carboxylic acids is 1. The third-order valence-corrected chi connectivity index (χ3v) is 2.83. The van der Waals surface area contributed by atoms with E-state index in [1.807, 2.05) is 12.1 Å². The summed E-state index contributed by atoms with van der Waals surface area (Å²) < 4.78 is 10.7. The Morgan fingerprint density at radius 1 is 1.53 bits per heavy atom. The highest BCUT2D eigenvalue weighted by Gasteiger charge is 2.17. The average Bonchev–Trinajstić information content (AvgIpc) is 2.77. The molecule has 0 radical (unpaired) electrons. The van der Waals surface area contributed by atoms with Gasteiger partial charge in [0.25, 0.3) is 0 Å². The number of carbonyl (C=O) groups is 1. The first kappa shape index (κ1) is 11.7. The van der Waals surface area contributed by atoms with Crippen LogP contribution in [0.4, 0.5) is 0 Å². The van der Waals surface area contributed by atoms with Gasteiger partial charge in [-0.25, -0.2) is 4.79 Å². The van der Waals surface area contributed by atoms with Crippen LogP contribution in [0.2, 0.25) is 0 Å². The monoisotopic (exact) mass is 297 g/mol. The van der Waals surface area contributed by atoms with Crippen LogP contribution in [0.5, 0.6) is 5.75 Å². The molecule has 0 atom stereocenters. The molecule has 17 heavy (non-hydrogen) atoms. The molecular formula is C11H8BrNO4. The summed E-state index contributed by atoms with van der Waals surface area (Å²) >= 11 is 3.36. The van der Waals surface area contributed by atoms with Gasteiger partial charge in [0, 0.05) is 10.5 Å². The number of ether oxygens (including phenoxy) is 1. The van der Waals surface area contributed by atoms with Crippen LogP contribution in [0, 0.1) is 0 Å². The Labute approximate surface area is 105 Å². The molecule has 5 nitrogen and oxygen atoms in total. The van der Waals surface area contributed by atoms with Gasteiger partial charge in [0.2, 0.25) is 5.76 Å². The van der Waals surface area contributed by atoms with E-state index in [2.05, 4.69) is 21.1 Å². The summed E-state index contributed by atoms with van der Waals surface area (Å²) in [5, 5.41) is 12.5. The van der Waals surface area contributed by atoms with Gasteiger partial charge in [0.05, 0.1) is 12.7 Å². The SMILES string of the molecule is COc1cccc(Br)c1-c1cc(C(=O)O)on1. The molecule has 88 valence electrons.